The van der Waals surface area contributed by atoms with Gasteiger partial charge in [0.2, 0.25) is 17.7 Å². The van der Waals surface area contributed by atoms with Gasteiger partial charge in [-0.3, -0.25) is 23.4 Å². The molecule has 0 fully saturated rings. The smallest absolute Gasteiger partial charge is 0.396 e. The maximum absolute atomic E-state index is 12.3. The Morgan fingerprint density at radius 1 is 0.967 bits per heavy atom. The van der Waals surface area contributed by atoms with E-state index in [9.17, 15) is 28.9 Å². The van der Waals surface area contributed by atoms with Crippen LogP contribution in [0.15, 0.2) is 0 Å². The lowest BCUT2D eigenvalue weighted by Gasteiger charge is -2.18. The van der Waals surface area contributed by atoms with Crippen molar-refractivity contribution in [2.45, 2.75) is 58.4 Å². The Morgan fingerprint density at radius 3 is 2.10 bits per heavy atom. The summed E-state index contributed by atoms with van der Waals surface area (Å²) in [7, 11) is -3.00. The highest BCUT2D eigenvalue weighted by atomic mass is 31.2. The summed E-state index contributed by atoms with van der Waals surface area (Å²) in [5.41, 5.74) is 0. The third-order valence-electron chi connectivity index (χ3n) is 4.29. The Kier molecular flexibility index (Phi) is 15.4. The Morgan fingerprint density at radius 2 is 1.57 bits per heavy atom. The van der Waals surface area contributed by atoms with E-state index in [1.54, 1.807) is 0 Å². The van der Waals surface area contributed by atoms with Gasteiger partial charge in [0.25, 0.3) is 0 Å². The molecule has 0 heterocycles. The van der Waals surface area contributed by atoms with Crippen LogP contribution in [0, 0.1) is 5.92 Å². The highest BCUT2D eigenvalue weighted by molar-refractivity contribution is 7.47. The van der Waals surface area contributed by atoms with Crippen molar-refractivity contribution in [2.24, 2.45) is 5.92 Å². The molecule has 0 aliphatic rings. The lowest BCUT2D eigenvalue weighted by Crippen LogP contribution is -2.46. The van der Waals surface area contributed by atoms with E-state index >= 15 is 0 Å². The first kappa shape index (κ1) is 28.5. The van der Waals surface area contributed by atoms with Crippen molar-refractivity contribution < 1.29 is 38.0 Å². The monoisotopic (exact) mass is 453 g/mol. The molecule has 11 nitrogen and oxygen atoms in total. The predicted molar refractivity (Wildman–Crippen MR) is 110 cm³/mol. The molecule has 0 aromatic heterocycles. The SMILES string of the molecule is COP(=O)(O)OCC(CO)CCCCNC(=O)[C@H](CCCCNC(C)=O)NC(C)=O. The van der Waals surface area contributed by atoms with Crippen LogP contribution in [-0.2, 0) is 28.0 Å². The molecule has 30 heavy (non-hydrogen) atoms. The Hall–Kier alpha value is -1.52. The van der Waals surface area contributed by atoms with Gasteiger partial charge in [-0.2, -0.15) is 0 Å². The molecule has 2 unspecified atom stereocenters. The molecule has 0 aliphatic carbocycles. The van der Waals surface area contributed by atoms with Gasteiger partial charge in [-0.05, 0) is 32.1 Å². The largest absolute Gasteiger partial charge is 0.471 e. The number of carbonyl (C=O) groups is 3. The van der Waals surface area contributed by atoms with Crippen LogP contribution in [0.3, 0.4) is 0 Å². The van der Waals surface area contributed by atoms with E-state index in [0.29, 0.717) is 51.6 Å². The van der Waals surface area contributed by atoms with Crippen LogP contribution in [0.4, 0.5) is 0 Å². The molecule has 3 amide bonds. The van der Waals surface area contributed by atoms with Crippen molar-refractivity contribution in [1.29, 1.82) is 0 Å². The summed E-state index contributed by atoms with van der Waals surface area (Å²) in [6.07, 6.45) is 3.70. The lowest BCUT2D eigenvalue weighted by molar-refractivity contribution is -0.128. The zero-order valence-electron chi connectivity index (χ0n) is 18.0. The molecule has 0 bridgehead atoms. The standard InChI is InChI=1S/C18H36N3O8P/c1-14(23)19-10-7-5-9-17(21-15(2)24)18(25)20-11-6-4-8-16(12-22)13-29-30(26,27)28-3/h16-17,22H,4-13H2,1-3H3,(H,19,23)(H,20,25)(H,21,24)(H,26,27)/t16?,17-/m0/s1. The van der Waals surface area contributed by atoms with Gasteiger partial charge < -0.3 is 26.0 Å². The number of amides is 3. The highest BCUT2D eigenvalue weighted by Crippen LogP contribution is 2.42. The van der Waals surface area contributed by atoms with Crippen molar-refractivity contribution in [3.63, 3.8) is 0 Å². The van der Waals surface area contributed by atoms with Crippen LogP contribution in [0.5, 0.6) is 0 Å². The summed E-state index contributed by atoms with van der Waals surface area (Å²) in [6.45, 7) is 3.41. The second kappa shape index (κ2) is 16.2. The molecule has 0 saturated heterocycles. The lowest BCUT2D eigenvalue weighted by atomic mass is 10.0. The minimum atomic E-state index is -4.06. The third-order valence-corrected chi connectivity index (χ3v) is 5.22. The summed E-state index contributed by atoms with van der Waals surface area (Å²) < 4.78 is 20.3. The zero-order valence-corrected chi connectivity index (χ0v) is 18.9. The zero-order chi connectivity index (χ0) is 23.0. The van der Waals surface area contributed by atoms with Gasteiger partial charge in [-0.1, -0.05) is 6.42 Å². The van der Waals surface area contributed by atoms with Crippen molar-refractivity contribution in [2.75, 3.05) is 33.4 Å². The van der Waals surface area contributed by atoms with Gasteiger partial charge >= 0.3 is 7.82 Å². The topological polar surface area (TPSA) is 163 Å². The molecule has 0 spiro atoms. The van der Waals surface area contributed by atoms with Gasteiger partial charge in [-0.25, -0.2) is 4.57 Å². The minimum Gasteiger partial charge on any atom is -0.396 e. The first-order valence-corrected chi connectivity index (χ1v) is 11.5. The molecule has 0 aliphatic heterocycles. The van der Waals surface area contributed by atoms with Crippen molar-refractivity contribution in [3.05, 3.63) is 0 Å². The maximum atomic E-state index is 12.3. The van der Waals surface area contributed by atoms with Crippen molar-refractivity contribution >= 4 is 25.5 Å². The fraction of sp³-hybridized carbons (Fsp3) is 0.833. The Balaban J connectivity index is 4.17. The van der Waals surface area contributed by atoms with Crippen molar-refractivity contribution in [3.8, 4) is 0 Å². The molecule has 12 heteroatoms. The van der Waals surface area contributed by atoms with E-state index in [1.807, 2.05) is 0 Å². The van der Waals surface area contributed by atoms with E-state index in [1.165, 1.54) is 13.8 Å². The summed E-state index contributed by atoms with van der Waals surface area (Å²) >= 11 is 0. The first-order chi connectivity index (χ1) is 14.1. The summed E-state index contributed by atoms with van der Waals surface area (Å²) in [6, 6.07) is -0.633. The van der Waals surface area contributed by atoms with E-state index in [2.05, 4.69) is 20.5 Å². The van der Waals surface area contributed by atoms with Crippen LogP contribution in [-0.4, -0.2) is 67.2 Å². The average molecular weight is 453 g/mol. The average Bonchev–Trinajstić information content (AvgIpc) is 2.68. The van der Waals surface area contributed by atoms with Gasteiger partial charge in [0, 0.05) is 46.6 Å². The van der Waals surface area contributed by atoms with Crippen molar-refractivity contribution in [1.82, 2.24) is 16.0 Å². The number of nitrogens with one attached hydrogen (secondary N) is 3. The number of phosphoric ester groups is 1. The summed E-state index contributed by atoms with van der Waals surface area (Å²) in [4.78, 5) is 43.7. The number of hydrogen-bond donors (Lipinski definition) is 5. The number of aliphatic hydroxyl groups excluding tert-OH is 1. The normalized spacial score (nSPS) is 15.0. The van der Waals surface area contributed by atoms with Gasteiger partial charge in [0.1, 0.15) is 6.04 Å². The Bertz CT molecular complexity index is 576. The van der Waals surface area contributed by atoms with Crippen LogP contribution in [0.2, 0.25) is 0 Å². The van der Waals surface area contributed by atoms with E-state index in [4.69, 9.17) is 4.52 Å². The number of hydrogen-bond acceptors (Lipinski definition) is 7. The maximum Gasteiger partial charge on any atom is 0.471 e. The summed E-state index contributed by atoms with van der Waals surface area (Å²) in [5, 5.41) is 17.4. The number of rotatable bonds is 17. The van der Waals surface area contributed by atoms with Gasteiger partial charge in [-0.15, -0.1) is 0 Å². The minimum absolute atomic E-state index is 0.104. The second-order valence-electron chi connectivity index (χ2n) is 7.01. The number of phosphoric acid groups is 1. The molecule has 0 aromatic rings. The molecular weight excluding hydrogens is 417 g/mol. The molecular formula is C18H36N3O8P. The van der Waals surface area contributed by atoms with E-state index in [-0.39, 0.29) is 36.9 Å². The van der Waals surface area contributed by atoms with E-state index in [0.717, 1.165) is 7.11 Å². The first-order valence-electron chi connectivity index (χ1n) is 10.0. The van der Waals surface area contributed by atoms with Crippen LogP contribution >= 0.6 is 7.82 Å². The number of unbranched alkanes of at least 4 members (excludes halogenated alkanes) is 2. The van der Waals surface area contributed by atoms with Gasteiger partial charge in [0.05, 0.1) is 6.61 Å². The fourth-order valence-corrected chi connectivity index (χ4v) is 3.13. The molecule has 5 N–H and O–H groups in total. The van der Waals surface area contributed by atoms with E-state index < -0.39 is 13.9 Å². The summed E-state index contributed by atoms with van der Waals surface area (Å²) in [5.74, 6) is -0.981. The molecule has 0 aromatic carbocycles. The predicted octanol–water partition coefficient (Wildman–Crippen LogP) is 0.456. The molecule has 0 radical (unpaired) electrons. The second-order valence-corrected chi connectivity index (χ2v) is 8.57. The molecule has 3 atom stereocenters. The number of aliphatic hydroxyl groups is 1. The molecule has 176 valence electrons. The van der Waals surface area contributed by atoms with Crippen LogP contribution < -0.4 is 16.0 Å². The van der Waals surface area contributed by atoms with Gasteiger partial charge in [0.15, 0.2) is 0 Å². The highest BCUT2D eigenvalue weighted by Gasteiger charge is 2.21. The fourth-order valence-electron chi connectivity index (χ4n) is 2.62. The quantitative estimate of drug-likeness (QED) is 0.157. The number of carbonyl (C=O) groups excluding carboxylic acids is 3. The molecule has 0 rings (SSSR count). The third kappa shape index (κ3) is 15.3. The van der Waals surface area contributed by atoms with Crippen LogP contribution in [0.1, 0.15) is 52.4 Å². The van der Waals surface area contributed by atoms with Crippen LogP contribution in [0.25, 0.3) is 0 Å². The molecule has 0 saturated carbocycles. The Labute approximate surface area is 177 Å².